The van der Waals surface area contributed by atoms with Crippen LogP contribution in [0, 0.1) is 6.92 Å². The molecule has 0 bridgehead atoms. The highest BCUT2D eigenvalue weighted by atomic mass is 35.5. The van der Waals surface area contributed by atoms with Crippen LogP contribution in [-0.4, -0.2) is 57.1 Å². The van der Waals surface area contributed by atoms with Crippen molar-refractivity contribution in [3.63, 3.8) is 0 Å². The van der Waals surface area contributed by atoms with E-state index in [1.807, 2.05) is 20.8 Å². The minimum atomic E-state index is -3.86. The second-order valence-corrected chi connectivity index (χ2v) is 10.8. The highest BCUT2D eigenvalue weighted by Gasteiger charge is 2.31. The fraction of sp³-hybridized carbons (Fsp3) is 0.417. The van der Waals surface area contributed by atoms with Crippen molar-refractivity contribution in [2.45, 2.75) is 46.3 Å². The molecule has 2 aromatic rings. The Morgan fingerprint density at radius 2 is 1.79 bits per heavy atom. The van der Waals surface area contributed by atoms with Gasteiger partial charge in [-0.2, -0.15) is 0 Å². The van der Waals surface area contributed by atoms with Crippen LogP contribution in [-0.2, 0) is 26.2 Å². The molecule has 0 radical (unpaired) electrons. The number of nitrogens with zero attached hydrogens (tertiary/aromatic N) is 2. The first-order valence-electron chi connectivity index (χ1n) is 10.8. The van der Waals surface area contributed by atoms with Gasteiger partial charge in [0.2, 0.25) is 21.8 Å². The Morgan fingerprint density at radius 1 is 1.12 bits per heavy atom. The summed E-state index contributed by atoms with van der Waals surface area (Å²) >= 11 is 6.11. The molecule has 0 aliphatic heterocycles. The number of amides is 2. The quantitative estimate of drug-likeness (QED) is 0.529. The van der Waals surface area contributed by atoms with Crippen molar-refractivity contribution >= 4 is 39.1 Å². The third-order valence-corrected chi connectivity index (χ3v) is 6.48. The van der Waals surface area contributed by atoms with E-state index in [1.165, 1.54) is 12.0 Å². The van der Waals surface area contributed by atoms with Crippen LogP contribution in [0.15, 0.2) is 42.5 Å². The number of aryl methyl sites for hydroxylation is 1. The lowest BCUT2D eigenvalue weighted by atomic mass is 10.1. The van der Waals surface area contributed by atoms with Gasteiger partial charge in [0.05, 0.1) is 19.1 Å². The molecular formula is C24H32ClN3O5S. The molecule has 0 aliphatic rings. The SMILES string of the molecule is COc1ccc(C)cc1N(CC(=O)N(Cc1cccc(Cl)c1)[C@@H](C)C(=O)NC(C)C)S(C)(=O)=O. The maximum absolute atomic E-state index is 13.5. The number of carbonyl (C=O) groups is 2. The first-order valence-corrected chi connectivity index (χ1v) is 13.0. The van der Waals surface area contributed by atoms with Crippen LogP contribution in [0.25, 0.3) is 0 Å². The Balaban J connectivity index is 2.47. The van der Waals surface area contributed by atoms with Gasteiger partial charge in [0.15, 0.2) is 0 Å². The lowest BCUT2D eigenvalue weighted by Gasteiger charge is -2.32. The number of halogens is 1. The van der Waals surface area contributed by atoms with Crippen LogP contribution in [0.5, 0.6) is 5.75 Å². The summed E-state index contributed by atoms with van der Waals surface area (Å²) in [5.41, 5.74) is 1.77. The Kier molecular flexibility index (Phi) is 9.35. The Labute approximate surface area is 206 Å². The number of ether oxygens (including phenoxy) is 1. The molecule has 0 unspecified atom stereocenters. The lowest BCUT2D eigenvalue weighted by Crippen LogP contribution is -2.52. The van der Waals surface area contributed by atoms with Crippen LogP contribution in [0.1, 0.15) is 31.9 Å². The van der Waals surface area contributed by atoms with E-state index in [1.54, 1.807) is 49.4 Å². The molecule has 1 atom stereocenters. The molecule has 2 amide bonds. The van der Waals surface area contributed by atoms with Crippen molar-refractivity contribution in [3.8, 4) is 5.75 Å². The standard InChI is InChI=1S/C24H32ClN3O5S/c1-16(2)26-24(30)18(4)27(14-19-8-7-9-20(25)13-19)23(29)15-28(34(6,31)32)21-12-17(3)10-11-22(21)33-5/h7-13,16,18H,14-15H2,1-6H3,(H,26,30)/t18-/m0/s1. The lowest BCUT2D eigenvalue weighted by molar-refractivity contribution is -0.139. The molecule has 1 N–H and O–H groups in total. The molecule has 0 aromatic heterocycles. The third-order valence-electron chi connectivity index (χ3n) is 5.12. The van der Waals surface area contributed by atoms with Gasteiger partial charge in [-0.05, 0) is 63.1 Å². The largest absolute Gasteiger partial charge is 0.495 e. The normalized spacial score (nSPS) is 12.2. The van der Waals surface area contributed by atoms with E-state index in [-0.39, 0.29) is 24.2 Å². The highest BCUT2D eigenvalue weighted by Crippen LogP contribution is 2.31. The van der Waals surface area contributed by atoms with Crippen LogP contribution in [0.3, 0.4) is 0 Å². The second-order valence-electron chi connectivity index (χ2n) is 8.44. The summed E-state index contributed by atoms with van der Waals surface area (Å²) in [6, 6.07) is 11.1. The van der Waals surface area contributed by atoms with E-state index in [0.717, 1.165) is 16.1 Å². The molecule has 186 valence electrons. The summed E-state index contributed by atoms with van der Waals surface area (Å²) in [6.07, 6.45) is 1.03. The van der Waals surface area contributed by atoms with E-state index >= 15 is 0 Å². The van der Waals surface area contributed by atoms with Crippen molar-refractivity contribution in [2.24, 2.45) is 0 Å². The minimum Gasteiger partial charge on any atom is -0.495 e. The number of rotatable bonds is 10. The van der Waals surface area contributed by atoms with Crippen molar-refractivity contribution in [1.29, 1.82) is 0 Å². The van der Waals surface area contributed by atoms with E-state index in [0.29, 0.717) is 16.3 Å². The molecule has 0 saturated heterocycles. The summed E-state index contributed by atoms with van der Waals surface area (Å²) in [5.74, 6) is -0.569. The van der Waals surface area contributed by atoms with Gasteiger partial charge in [0.25, 0.3) is 0 Å². The van der Waals surface area contributed by atoms with Crippen LogP contribution >= 0.6 is 11.6 Å². The first kappa shape index (κ1) is 27.5. The monoisotopic (exact) mass is 509 g/mol. The molecule has 8 nitrogen and oxygen atoms in total. The van der Waals surface area contributed by atoms with Crippen LogP contribution < -0.4 is 14.4 Å². The molecule has 0 heterocycles. The third kappa shape index (κ3) is 7.36. The predicted octanol–water partition coefficient (Wildman–Crippen LogP) is 3.36. The number of sulfonamides is 1. The zero-order valence-corrected chi connectivity index (χ0v) is 21.9. The van der Waals surface area contributed by atoms with Gasteiger partial charge in [-0.25, -0.2) is 8.42 Å². The molecule has 2 aromatic carbocycles. The van der Waals surface area contributed by atoms with Crippen molar-refractivity contribution in [2.75, 3.05) is 24.2 Å². The highest BCUT2D eigenvalue weighted by molar-refractivity contribution is 7.92. The number of hydrogen-bond donors (Lipinski definition) is 1. The van der Waals surface area contributed by atoms with Crippen molar-refractivity contribution < 1.29 is 22.7 Å². The number of nitrogens with one attached hydrogen (secondary N) is 1. The second kappa shape index (κ2) is 11.6. The Hall–Kier alpha value is -2.78. The summed E-state index contributed by atoms with van der Waals surface area (Å²) < 4.78 is 31.8. The van der Waals surface area contributed by atoms with Gasteiger partial charge in [0.1, 0.15) is 18.3 Å². The van der Waals surface area contributed by atoms with Crippen molar-refractivity contribution in [3.05, 3.63) is 58.6 Å². The molecule has 0 saturated carbocycles. The molecule has 34 heavy (non-hydrogen) atoms. The summed E-state index contributed by atoms with van der Waals surface area (Å²) in [6.45, 7) is 6.65. The Morgan fingerprint density at radius 3 is 2.35 bits per heavy atom. The van der Waals surface area contributed by atoms with Gasteiger partial charge in [-0.15, -0.1) is 0 Å². The fourth-order valence-corrected chi connectivity index (χ4v) is 4.47. The summed E-state index contributed by atoms with van der Waals surface area (Å²) in [5, 5.41) is 3.30. The minimum absolute atomic E-state index is 0.0780. The topological polar surface area (TPSA) is 96.0 Å². The molecular weight excluding hydrogens is 478 g/mol. The maximum atomic E-state index is 13.5. The van der Waals surface area contributed by atoms with Gasteiger partial charge in [-0.3, -0.25) is 13.9 Å². The molecule has 0 fully saturated rings. The van der Waals surface area contributed by atoms with E-state index < -0.39 is 28.5 Å². The number of methoxy groups -OCH3 is 1. The van der Waals surface area contributed by atoms with Crippen LogP contribution in [0.2, 0.25) is 5.02 Å². The van der Waals surface area contributed by atoms with E-state index in [4.69, 9.17) is 16.3 Å². The average molecular weight is 510 g/mol. The van der Waals surface area contributed by atoms with Gasteiger partial charge in [0, 0.05) is 17.6 Å². The maximum Gasteiger partial charge on any atom is 0.244 e. The zero-order chi connectivity index (χ0) is 25.6. The number of hydrogen-bond acceptors (Lipinski definition) is 5. The van der Waals surface area contributed by atoms with E-state index in [2.05, 4.69) is 5.32 Å². The molecule has 2 rings (SSSR count). The van der Waals surface area contributed by atoms with Crippen LogP contribution in [0.4, 0.5) is 5.69 Å². The Bertz CT molecular complexity index is 1140. The summed E-state index contributed by atoms with van der Waals surface area (Å²) in [7, 11) is -2.43. The van der Waals surface area contributed by atoms with E-state index in [9.17, 15) is 18.0 Å². The zero-order valence-electron chi connectivity index (χ0n) is 20.3. The number of carbonyl (C=O) groups excluding carboxylic acids is 2. The van der Waals surface area contributed by atoms with Gasteiger partial charge in [-0.1, -0.05) is 29.8 Å². The van der Waals surface area contributed by atoms with Gasteiger partial charge < -0.3 is 15.0 Å². The molecule has 10 heteroatoms. The molecule has 0 spiro atoms. The average Bonchev–Trinajstić information content (AvgIpc) is 2.74. The summed E-state index contributed by atoms with van der Waals surface area (Å²) in [4.78, 5) is 27.7. The fourth-order valence-electron chi connectivity index (χ4n) is 3.41. The van der Waals surface area contributed by atoms with Gasteiger partial charge >= 0.3 is 0 Å². The molecule has 0 aliphatic carbocycles. The number of benzene rings is 2. The van der Waals surface area contributed by atoms with Crippen molar-refractivity contribution in [1.82, 2.24) is 10.2 Å². The first-order chi connectivity index (χ1) is 15.8. The number of anilines is 1. The predicted molar refractivity (Wildman–Crippen MR) is 135 cm³/mol. The smallest absolute Gasteiger partial charge is 0.244 e.